The molecule has 1 saturated heterocycles. The van der Waals surface area contributed by atoms with Gasteiger partial charge in [0.25, 0.3) is 5.69 Å². The summed E-state index contributed by atoms with van der Waals surface area (Å²) in [6.45, 7) is 2.74. The summed E-state index contributed by atoms with van der Waals surface area (Å²) in [4.78, 5) is 37.0. The first kappa shape index (κ1) is 19.3. The maximum atomic E-state index is 12.6. The van der Waals surface area contributed by atoms with Crippen LogP contribution in [0.1, 0.15) is 18.4 Å². The number of rotatable bonds is 4. The summed E-state index contributed by atoms with van der Waals surface area (Å²) in [6, 6.07) is 13.4. The van der Waals surface area contributed by atoms with Crippen molar-refractivity contribution in [3.05, 3.63) is 64.2 Å². The highest BCUT2D eigenvalue weighted by atomic mass is 16.6. The number of nitro benzene ring substituents is 1. The Morgan fingerprint density at radius 1 is 1.07 bits per heavy atom. The summed E-state index contributed by atoms with van der Waals surface area (Å²) in [5, 5.41) is 16.6. The molecule has 0 radical (unpaired) electrons. The minimum Gasteiger partial charge on any atom is -0.325 e. The Morgan fingerprint density at radius 3 is 2.39 bits per heavy atom. The van der Waals surface area contributed by atoms with Gasteiger partial charge in [0, 0.05) is 36.8 Å². The monoisotopic (exact) mass is 382 g/mol. The number of urea groups is 1. The number of aryl methyl sites for hydroxylation is 1. The SMILES string of the molecule is Cc1ccc([N+](=O)[O-])cc1NC(=O)C1CCN(C(=O)Nc2ccccc2)CC1. The fraction of sp³-hybridized carbons (Fsp3) is 0.300. The number of carbonyl (C=O) groups excluding carboxylic acids is 2. The summed E-state index contributed by atoms with van der Waals surface area (Å²) in [5.41, 5.74) is 1.88. The van der Waals surface area contributed by atoms with Gasteiger partial charge in [-0.25, -0.2) is 4.79 Å². The summed E-state index contributed by atoms with van der Waals surface area (Å²) >= 11 is 0. The molecule has 0 unspecified atom stereocenters. The Hall–Kier alpha value is -3.42. The number of piperidine rings is 1. The number of para-hydroxylation sites is 1. The van der Waals surface area contributed by atoms with Crippen molar-refractivity contribution in [1.82, 2.24) is 4.90 Å². The number of non-ortho nitro benzene ring substituents is 1. The zero-order valence-corrected chi connectivity index (χ0v) is 15.6. The second-order valence-electron chi connectivity index (χ2n) is 6.80. The van der Waals surface area contributed by atoms with E-state index < -0.39 is 4.92 Å². The van der Waals surface area contributed by atoms with Gasteiger partial charge < -0.3 is 15.5 Å². The lowest BCUT2D eigenvalue weighted by Crippen LogP contribution is -2.43. The molecule has 3 rings (SSSR count). The second-order valence-corrected chi connectivity index (χ2v) is 6.80. The van der Waals surface area contributed by atoms with E-state index in [4.69, 9.17) is 0 Å². The lowest BCUT2D eigenvalue weighted by molar-refractivity contribution is -0.384. The van der Waals surface area contributed by atoms with E-state index >= 15 is 0 Å². The minimum absolute atomic E-state index is 0.0618. The molecule has 0 bridgehead atoms. The Balaban J connectivity index is 1.55. The first-order chi connectivity index (χ1) is 13.4. The summed E-state index contributed by atoms with van der Waals surface area (Å²) < 4.78 is 0. The lowest BCUT2D eigenvalue weighted by atomic mass is 9.96. The smallest absolute Gasteiger partial charge is 0.321 e. The molecule has 1 fully saturated rings. The summed E-state index contributed by atoms with van der Waals surface area (Å²) in [7, 11) is 0. The van der Waals surface area contributed by atoms with E-state index in [9.17, 15) is 19.7 Å². The molecule has 2 aromatic carbocycles. The molecule has 28 heavy (non-hydrogen) atoms. The van der Waals surface area contributed by atoms with Crippen LogP contribution in [0.15, 0.2) is 48.5 Å². The highest BCUT2D eigenvalue weighted by Gasteiger charge is 2.28. The average molecular weight is 382 g/mol. The fourth-order valence-electron chi connectivity index (χ4n) is 3.16. The number of carbonyl (C=O) groups is 2. The zero-order valence-electron chi connectivity index (χ0n) is 15.6. The highest BCUT2D eigenvalue weighted by molar-refractivity contribution is 5.94. The predicted molar refractivity (Wildman–Crippen MR) is 106 cm³/mol. The maximum absolute atomic E-state index is 12.6. The molecule has 3 amide bonds. The molecular weight excluding hydrogens is 360 g/mol. The molecule has 8 heteroatoms. The van der Waals surface area contributed by atoms with Crippen LogP contribution in [0.2, 0.25) is 0 Å². The van der Waals surface area contributed by atoms with Gasteiger partial charge in [-0.3, -0.25) is 14.9 Å². The predicted octanol–water partition coefficient (Wildman–Crippen LogP) is 3.79. The molecule has 0 saturated carbocycles. The number of nitro groups is 1. The number of hydrogen-bond acceptors (Lipinski definition) is 4. The minimum atomic E-state index is -0.487. The first-order valence-corrected chi connectivity index (χ1v) is 9.11. The third kappa shape index (κ3) is 4.64. The number of likely N-dealkylation sites (tertiary alicyclic amines) is 1. The van der Waals surface area contributed by atoms with Gasteiger partial charge in [0.15, 0.2) is 0 Å². The van der Waals surface area contributed by atoms with E-state index in [1.165, 1.54) is 12.1 Å². The van der Waals surface area contributed by atoms with Crippen LogP contribution in [0.3, 0.4) is 0 Å². The number of nitrogens with one attached hydrogen (secondary N) is 2. The molecule has 2 aromatic rings. The molecule has 0 spiro atoms. The van der Waals surface area contributed by atoms with Gasteiger partial charge >= 0.3 is 6.03 Å². The van der Waals surface area contributed by atoms with Crippen LogP contribution in [0.4, 0.5) is 21.9 Å². The largest absolute Gasteiger partial charge is 0.325 e. The molecule has 0 aromatic heterocycles. The number of amides is 3. The molecule has 8 nitrogen and oxygen atoms in total. The first-order valence-electron chi connectivity index (χ1n) is 9.11. The van der Waals surface area contributed by atoms with Crippen LogP contribution in [0.25, 0.3) is 0 Å². The molecule has 1 aliphatic rings. The molecular formula is C20H22N4O4. The molecule has 0 aliphatic carbocycles. The Labute approximate surface area is 162 Å². The van der Waals surface area contributed by atoms with Crippen molar-refractivity contribution in [2.24, 2.45) is 5.92 Å². The standard InChI is InChI=1S/C20H22N4O4/c1-14-7-8-17(24(27)28)13-18(14)22-19(25)15-9-11-23(12-10-15)20(26)21-16-5-3-2-4-6-16/h2-8,13,15H,9-12H2,1H3,(H,21,26)(H,22,25). The van der Waals surface area contributed by atoms with Gasteiger partial charge in [-0.15, -0.1) is 0 Å². The quantitative estimate of drug-likeness (QED) is 0.620. The van der Waals surface area contributed by atoms with E-state index in [1.54, 1.807) is 17.9 Å². The van der Waals surface area contributed by atoms with Gasteiger partial charge in [0.1, 0.15) is 0 Å². The van der Waals surface area contributed by atoms with Crippen LogP contribution in [-0.2, 0) is 4.79 Å². The van der Waals surface area contributed by atoms with Crippen LogP contribution in [0.5, 0.6) is 0 Å². The van der Waals surface area contributed by atoms with Crippen LogP contribution < -0.4 is 10.6 Å². The number of hydrogen-bond donors (Lipinski definition) is 2. The normalized spacial score (nSPS) is 14.4. The summed E-state index contributed by atoms with van der Waals surface area (Å²) in [5.74, 6) is -0.411. The van der Waals surface area contributed by atoms with Crippen molar-refractivity contribution < 1.29 is 14.5 Å². The molecule has 1 heterocycles. The van der Waals surface area contributed by atoms with Gasteiger partial charge in [0.05, 0.1) is 10.6 Å². The van der Waals surface area contributed by atoms with E-state index in [-0.39, 0.29) is 23.5 Å². The molecule has 2 N–H and O–H groups in total. The molecule has 146 valence electrons. The topological polar surface area (TPSA) is 105 Å². The Morgan fingerprint density at radius 2 is 1.75 bits per heavy atom. The fourth-order valence-corrected chi connectivity index (χ4v) is 3.16. The van der Waals surface area contributed by atoms with Crippen LogP contribution in [-0.4, -0.2) is 34.9 Å². The van der Waals surface area contributed by atoms with Crippen LogP contribution in [0, 0.1) is 23.0 Å². The van der Waals surface area contributed by atoms with E-state index in [0.29, 0.717) is 31.6 Å². The number of nitrogens with zero attached hydrogens (tertiary/aromatic N) is 2. The zero-order chi connectivity index (χ0) is 20.1. The van der Waals surface area contributed by atoms with Gasteiger partial charge in [-0.1, -0.05) is 24.3 Å². The van der Waals surface area contributed by atoms with Crippen molar-refractivity contribution in [1.29, 1.82) is 0 Å². The molecule has 1 aliphatic heterocycles. The van der Waals surface area contributed by atoms with Crippen molar-refractivity contribution in [3.63, 3.8) is 0 Å². The third-order valence-corrected chi connectivity index (χ3v) is 4.87. The van der Waals surface area contributed by atoms with Crippen molar-refractivity contribution in [2.75, 3.05) is 23.7 Å². The summed E-state index contributed by atoms with van der Waals surface area (Å²) in [6.07, 6.45) is 1.09. The van der Waals surface area contributed by atoms with Gasteiger partial charge in [-0.2, -0.15) is 0 Å². The average Bonchev–Trinajstić information content (AvgIpc) is 2.70. The van der Waals surface area contributed by atoms with E-state index in [0.717, 1.165) is 11.3 Å². The van der Waals surface area contributed by atoms with E-state index in [2.05, 4.69) is 10.6 Å². The Bertz CT molecular complexity index is 877. The Kier molecular flexibility index (Phi) is 5.88. The second kappa shape index (κ2) is 8.51. The van der Waals surface area contributed by atoms with E-state index in [1.807, 2.05) is 30.3 Å². The number of benzene rings is 2. The lowest BCUT2D eigenvalue weighted by Gasteiger charge is -2.31. The van der Waals surface area contributed by atoms with Gasteiger partial charge in [0.2, 0.25) is 5.91 Å². The maximum Gasteiger partial charge on any atom is 0.321 e. The van der Waals surface area contributed by atoms with Crippen molar-refractivity contribution in [3.8, 4) is 0 Å². The molecule has 0 atom stereocenters. The van der Waals surface area contributed by atoms with Crippen LogP contribution >= 0.6 is 0 Å². The van der Waals surface area contributed by atoms with Crippen molar-refractivity contribution >= 4 is 29.0 Å². The number of anilines is 2. The van der Waals surface area contributed by atoms with Crippen molar-refractivity contribution in [2.45, 2.75) is 19.8 Å². The van der Waals surface area contributed by atoms with Gasteiger partial charge in [-0.05, 0) is 37.5 Å². The highest BCUT2D eigenvalue weighted by Crippen LogP contribution is 2.25. The third-order valence-electron chi connectivity index (χ3n) is 4.87.